The molecular weight excluding hydrogens is 266 g/mol. The van der Waals surface area contributed by atoms with Crippen LogP contribution in [-0.4, -0.2) is 25.0 Å². The molecule has 0 bridgehead atoms. The van der Waals surface area contributed by atoms with Crippen molar-refractivity contribution in [1.82, 2.24) is 5.32 Å². The van der Waals surface area contributed by atoms with E-state index in [1.807, 2.05) is 20.8 Å². The lowest BCUT2D eigenvalue weighted by molar-refractivity contribution is -0.156. The molecule has 1 N–H and O–H groups in total. The molecule has 1 rings (SSSR count). The molecule has 0 saturated heterocycles. The Kier molecular flexibility index (Phi) is 7.20. The Bertz CT molecular complexity index is 340. The fourth-order valence-corrected chi connectivity index (χ4v) is 3.08. The van der Waals surface area contributed by atoms with Crippen LogP contribution in [0.5, 0.6) is 0 Å². The minimum Gasteiger partial charge on any atom is -0.465 e. The number of esters is 1. The van der Waals surface area contributed by atoms with Gasteiger partial charge in [-0.25, -0.2) is 0 Å². The first-order chi connectivity index (χ1) is 9.86. The predicted molar refractivity (Wildman–Crippen MR) is 83.8 cm³/mol. The van der Waals surface area contributed by atoms with Gasteiger partial charge in [0.2, 0.25) is 5.91 Å². The van der Waals surface area contributed by atoms with Crippen LogP contribution in [0.25, 0.3) is 0 Å². The van der Waals surface area contributed by atoms with Crippen LogP contribution in [0.2, 0.25) is 0 Å². The molecule has 1 aliphatic rings. The number of hydrogen-bond acceptors (Lipinski definition) is 3. The van der Waals surface area contributed by atoms with E-state index in [0.29, 0.717) is 13.2 Å². The highest BCUT2D eigenvalue weighted by molar-refractivity contribution is 5.98. The van der Waals surface area contributed by atoms with Crippen molar-refractivity contribution in [2.24, 2.45) is 17.3 Å². The molecule has 1 unspecified atom stereocenters. The van der Waals surface area contributed by atoms with Gasteiger partial charge in [0.1, 0.15) is 5.92 Å². The van der Waals surface area contributed by atoms with E-state index in [4.69, 9.17) is 4.74 Å². The molecule has 21 heavy (non-hydrogen) atoms. The third-order valence-corrected chi connectivity index (χ3v) is 4.21. The molecule has 0 heterocycles. The summed E-state index contributed by atoms with van der Waals surface area (Å²) in [6.45, 7) is 8.41. The van der Waals surface area contributed by atoms with Gasteiger partial charge in [-0.1, -0.05) is 46.5 Å². The Morgan fingerprint density at radius 2 is 1.86 bits per heavy atom. The topological polar surface area (TPSA) is 55.4 Å². The maximum absolute atomic E-state index is 12.3. The van der Waals surface area contributed by atoms with E-state index >= 15 is 0 Å². The van der Waals surface area contributed by atoms with Crippen molar-refractivity contribution >= 4 is 11.9 Å². The SMILES string of the molecule is CCOC(=O)C(C(=O)NCCCC1CCCC1)C(C)(C)C. The zero-order valence-electron chi connectivity index (χ0n) is 14.0. The lowest BCUT2D eigenvalue weighted by atomic mass is 9.80. The third-order valence-electron chi connectivity index (χ3n) is 4.21. The highest BCUT2D eigenvalue weighted by Crippen LogP contribution is 2.29. The summed E-state index contributed by atoms with van der Waals surface area (Å²) >= 11 is 0. The number of carbonyl (C=O) groups excluding carboxylic acids is 2. The van der Waals surface area contributed by atoms with E-state index < -0.39 is 17.3 Å². The Hall–Kier alpha value is -1.06. The second-order valence-corrected chi connectivity index (χ2v) is 7.13. The molecular formula is C17H31NO3. The van der Waals surface area contributed by atoms with E-state index in [1.165, 1.54) is 32.1 Å². The first kappa shape index (κ1) is 18.0. The second-order valence-electron chi connectivity index (χ2n) is 7.13. The van der Waals surface area contributed by atoms with Gasteiger partial charge in [-0.15, -0.1) is 0 Å². The molecule has 0 aliphatic heterocycles. The van der Waals surface area contributed by atoms with Gasteiger partial charge in [-0.3, -0.25) is 9.59 Å². The second kappa shape index (κ2) is 8.40. The number of hydrogen-bond donors (Lipinski definition) is 1. The van der Waals surface area contributed by atoms with Crippen molar-refractivity contribution in [2.45, 2.75) is 66.2 Å². The lowest BCUT2D eigenvalue weighted by Gasteiger charge is -2.27. The van der Waals surface area contributed by atoms with Gasteiger partial charge in [0.25, 0.3) is 0 Å². The first-order valence-electron chi connectivity index (χ1n) is 8.30. The normalized spacial score (nSPS) is 17.5. The van der Waals surface area contributed by atoms with Gasteiger partial charge in [0.15, 0.2) is 0 Å². The number of amides is 1. The Balaban J connectivity index is 2.39. The molecule has 0 aromatic heterocycles. The predicted octanol–water partition coefficient (Wildman–Crippen LogP) is 3.30. The van der Waals surface area contributed by atoms with E-state index in [9.17, 15) is 9.59 Å². The molecule has 0 spiro atoms. The quantitative estimate of drug-likeness (QED) is 0.445. The van der Waals surface area contributed by atoms with Gasteiger partial charge in [-0.2, -0.15) is 0 Å². The molecule has 122 valence electrons. The van der Waals surface area contributed by atoms with E-state index in [-0.39, 0.29) is 5.91 Å². The van der Waals surface area contributed by atoms with Crippen molar-refractivity contribution in [2.75, 3.05) is 13.2 Å². The van der Waals surface area contributed by atoms with Gasteiger partial charge in [0, 0.05) is 6.54 Å². The fourth-order valence-electron chi connectivity index (χ4n) is 3.08. The fraction of sp³-hybridized carbons (Fsp3) is 0.882. The molecule has 1 saturated carbocycles. The summed E-state index contributed by atoms with van der Waals surface area (Å²) in [6.07, 6.45) is 7.55. The summed E-state index contributed by atoms with van der Waals surface area (Å²) in [6, 6.07) is 0. The van der Waals surface area contributed by atoms with Crippen LogP contribution in [0.15, 0.2) is 0 Å². The Morgan fingerprint density at radius 3 is 2.38 bits per heavy atom. The zero-order valence-corrected chi connectivity index (χ0v) is 14.0. The monoisotopic (exact) mass is 297 g/mol. The Labute approximate surface area is 129 Å². The van der Waals surface area contributed by atoms with Crippen LogP contribution in [0, 0.1) is 17.3 Å². The lowest BCUT2D eigenvalue weighted by Crippen LogP contribution is -2.43. The van der Waals surface area contributed by atoms with Crippen LogP contribution in [0.4, 0.5) is 0 Å². The van der Waals surface area contributed by atoms with E-state index in [1.54, 1.807) is 6.92 Å². The minimum atomic E-state index is -0.732. The van der Waals surface area contributed by atoms with Crippen LogP contribution in [-0.2, 0) is 14.3 Å². The average molecular weight is 297 g/mol. The van der Waals surface area contributed by atoms with Crippen molar-refractivity contribution in [1.29, 1.82) is 0 Å². The summed E-state index contributed by atoms with van der Waals surface area (Å²) in [4.78, 5) is 24.3. The molecule has 4 nitrogen and oxygen atoms in total. The van der Waals surface area contributed by atoms with E-state index in [0.717, 1.165) is 12.3 Å². The molecule has 1 atom stereocenters. The summed E-state index contributed by atoms with van der Waals surface area (Å²) in [5.41, 5.74) is -0.429. The molecule has 1 amide bonds. The van der Waals surface area contributed by atoms with Crippen molar-refractivity contribution in [3.63, 3.8) is 0 Å². The maximum Gasteiger partial charge on any atom is 0.319 e. The number of nitrogens with one attached hydrogen (secondary N) is 1. The molecule has 0 radical (unpaired) electrons. The molecule has 1 fully saturated rings. The Morgan fingerprint density at radius 1 is 1.24 bits per heavy atom. The largest absolute Gasteiger partial charge is 0.465 e. The van der Waals surface area contributed by atoms with Gasteiger partial charge < -0.3 is 10.1 Å². The van der Waals surface area contributed by atoms with Crippen molar-refractivity contribution < 1.29 is 14.3 Å². The van der Waals surface area contributed by atoms with E-state index in [2.05, 4.69) is 5.32 Å². The van der Waals surface area contributed by atoms with Crippen LogP contribution >= 0.6 is 0 Å². The first-order valence-corrected chi connectivity index (χ1v) is 8.30. The number of carbonyl (C=O) groups is 2. The van der Waals surface area contributed by atoms with Gasteiger partial charge in [-0.05, 0) is 31.1 Å². The summed E-state index contributed by atoms with van der Waals surface area (Å²) in [5, 5.41) is 2.91. The number of ether oxygens (including phenoxy) is 1. The highest BCUT2D eigenvalue weighted by atomic mass is 16.5. The zero-order chi connectivity index (χ0) is 15.9. The number of rotatable bonds is 7. The van der Waals surface area contributed by atoms with Crippen molar-refractivity contribution in [3.8, 4) is 0 Å². The highest BCUT2D eigenvalue weighted by Gasteiger charge is 2.38. The molecule has 4 heteroatoms. The summed E-state index contributed by atoms with van der Waals surface area (Å²) in [5.74, 6) is -0.514. The average Bonchev–Trinajstić information content (AvgIpc) is 2.86. The molecule has 1 aliphatic carbocycles. The third kappa shape index (κ3) is 6.06. The van der Waals surface area contributed by atoms with Gasteiger partial charge >= 0.3 is 5.97 Å². The van der Waals surface area contributed by atoms with Gasteiger partial charge in [0.05, 0.1) is 6.61 Å². The minimum absolute atomic E-state index is 0.202. The van der Waals surface area contributed by atoms with Crippen molar-refractivity contribution in [3.05, 3.63) is 0 Å². The summed E-state index contributed by atoms with van der Waals surface area (Å²) < 4.78 is 5.04. The van der Waals surface area contributed by atoms with Crippen LogP contribution in [0.1, 0.15) is 66.2 Å². The van der Waals surface area contributed by atoms with Crippen LogP contribution in [0.3, 0.4) is 0 Å². The smallest absolute Gasteiger partial charge is 0.319 e. The standard InChI is InChI=1S/C17H31NO3/c1-5-21-16(20)14(17(2,3)4)15(19)18-12-8-11-13-9-6-7-10-13/h13-14H,5-12H2,1-4H3,(H,18,19). The summed E-state index contributed by atoms with van der Waals surface area (Å²) in [7, 11) is 0. The van der Waals surface area contributed by atoms with Crippen LogP contribution < -0.4 is 5.32 Å². The molecule has 0 aromatic carbocycles. The maximum atomic E-state index is 12.3. The molecule has 0 aromatic rings.